The first-order valence-corrected chi connectivity index (χ1v) is 6.87. The first-order chi connectivity index (χ1) is 9.22. The van der Waals surface area contributed by atoms with Gasteiger partial charge in [0.25, 0.3) is 0 Å². The van der Waals surface area contributed by atoms with Crippen molar-refractivity contribution in [3.8, 4) is 5.75 Å². The maximum atomic E-state index is 5.94. The van der Waals surface area contributed by atoms with Gasteiger partial charge in [-0.05, 0) is 30.9 Å². The predicted octanol–water partition coefficient (Wildman–Crippen LogP) is 3.04. The summed E-state index contributed by atoms with van der Waals surface area (Å²) in [6.45, 7) is 1.65. The fourth-order valence-corrected chi connectivity index (χ4v) is 1.99. The molecule has 0 saturated heterocycles. The summed E-state index contributed by atoms with van der Waals surface area (Å²) in [4.78, 5) is 4.20. The van der Waals surface area contributed by atoms with Crippen molar-refractivity contribution in [3.05, 3.63) is 28.8 Å². The standard InChI is InChI=1S/C14H20ClN3O.HI/c1-16-14(17-8-10-3-4-10)18-9-11-5-6-12(15)7-13(11)19-2;/h5-7,10H,3-4,8-9H2,1-2H3,(H2,16,17,18);1H. The number of benzene rings is 1. The lowest BCUT2D eigenvalue weighted by atomic mass is 10.2. The third kappa shape index (κ3) is 5.36. The number of rotatable bonds is 5. The van der Waals surface area contributed by atoms with Gasteiger partial charge in [0, 0.05) is 30.7 Å². The second-order valence-electron chi connectivity index (χ2n) is 4.71. The summed E-state index contributed by atoms with van der Waals surface area (Å²) in [6, 6.07) is 5.64. The van der Waals surface area contributed by atoms with Gasteiger partial charge in [0.05, 0.1) is 7.11 Å². The molecule has 2 rings (SSSR count). The highest BCUT2D eigenvalue weighted by Crippen LogP contribution is 2.27. The Kier molecular flexibility index (Phi) is 7.43. The largest absolute Gasteiger partial charge is 0.496 e. The molecule has 0 atom stereocenters. The van der Waals surface area contributed by atoms with Crippen LogP contribution in [0.2, 0.25) is 5.02 Å². The van der Waals surface area contributed by atoms with E-state index in [2.05, 4.69) is 15.6 Å². The van der Waals surface area contributed by atoms with Crippen molar-refractivity contribution in [3.63, 3.8) is 0 Å². The van der Waals surface area contributed by atoms with E-state index in [0.717, 1.165) is 29.7 Å². The number of halogens is 2. The topological polar surface area (TPSA) is 45.7 Å². The summed E-state index contributed by atoms with van der Waals surface area (Å²) in [6.07, 6.45) is 2.66. The zero-order valence-corrected chi connectivity index (χ0v) is 14.9. The van der Waals surface area contributed by atoms with Gasteiger partial charge in [0.2, 0.25) is 0 Å². The predicted molar refractivity (Wildman–Crippen MR) is 94.3 cm³/mol. The molecule has 0 aromatic heterocycles. The number of nitrogens with zero attached hydrogens (tertiary/aromatic N) is 1. The van der Waals surface area contributed by atoms with Crippen LogP contribution in [0.3, 0.4) is 0 Å². The minimum Gasteiger partial charge on any atom is -0.496 e. The summed E-state index contributed by atoms with van der Waals surface area (Å²) in [5, 5.41) is 7.28. The number of methoxy groups -OCH3 is 1. The van der Waals surface area contributed by atoms with Gasteiger partial charge in [-0.3, -0.25) is 4.99 Å². The van der Waals surface area contributed by atoms with E-state index in [9.17, 15) is 0 Å². The molecule has 2 N–H and O–H groups in total. The van der Waals surface area contributed by atoms with Crippen LogP contribution in [0.25, 0.3) is 0 Å². The van der Waals surface area contributed by atoms with E-state index in [4.69, 9.17) is 16.3 Å². The molecule has 6 heteroatoms. The second kappa shape index (κ2) is 8.56. The molecule has 1 aromatic carbocycles. The molecule has 1 aliphatic carbocycles. The Labute approximate surface area is 142 Å². The van der Waals surface area contributed by atoms with Gasteiger partial charge in [-0.15, -0.1) is 24.0 Å². The summed E-state index contributed by atoms with van der Waals surface area (Å²) >= 11 is 5.94. The van der Waals surface area contributed by atoms with Crippen molar-refractivity contribution < 1.29 is 4.74 Å². The van der Waals surface area contributed by atoms with Gasteiger partial charge in [-0.1, -0.05) is 17.7 Å². The number of guanidine groups is 1. The van der Waals surface area contributed by atoms with Crippen LogP contribution in [0, 0.1) is 5.92 Å². The lowest BCUT2D eigenvalue weighted by Gasteiger charge is -2.13. The van der Waals surface area contributed by atoms with E-state index < -0.39 is 0 Å². The summed E-state index contributed by atoms with van der Waals surface area (Å²) in [5.74, 6) is 2.44. The number of hydrogen-bond acceptors (Lipinski definition) is 2. The number of ether oxygens (including phenoxy) is 1. The summed E-state index contributed by atoms with van der Waals surface area (Å²) < 4.78 is 5.32. The SMILES string of the molecule is CN=C(NCc1ccc(Cl)cc1OC)NCC1CC1.I. The smallest absolute Gasteiger partial charge is 0.191 e. The lowest BCUT2D eigenvalue weighted by molar-refractivity contribution is 0.409. The van der Waals surface area contributed by atoms with Gasteiger partial charge in [-0.2, -0.15) is 0 Å². The van der Waals surface area contributed by atoms with E-state index in [0.29, 0.717) is 11.6 Å². The fraction of sp³-hybridized carbons (Fsp3) is 0.500. The van der Waals surface area contributed by atoms with Crippen molar-refractivity contribution in [2.24, 2.45) is 10.9 Å². The molecule has 0 radical (unpaired) electrons. The zero-order chi connectivity index (χ0) is 13.7. The maximum Gasteiger partial charge on any atom is 0.191 e. The van der Waals surface area contributed by atoms with E-state index in [1.807, 2.05) is 18.2 Å². The molecule has 112 valence electrons. The highest BCUT2D eigenvalue weighted by molar-refractivity contribution is 14.0. The monoisotopic (exact) mass is 409 g/mol. The molecule has 0 amide bonds. The van der Waals surface area contributed by atoms with Crippen LogP contribution in [-0.2, 0) is 6.54 Å². The lowest BCUT2D eigenvalue weighted by Crippen LogP contribution is -2.37. The van der Waals surface area contributed by atoms with Crippen molar-refractivity contribution in [1.82, 2.24) is 10.6 Å². The Morgan fingerprint density at radius 1 is 1.40 bits per heavy atom. The minimum absolute atomic E-state index is 0. The van der Waals surface area contributed by atoms with E-state index in [1.54, 1.807) is 14.2 Å². The molecule has 0 bridgehead atoms. The molecule has 20 heavy (non-hydrogen) atoms. The van der Waals surface area contributed by atoms with Crippen molar-refractivity contribution in [2.45, 2.75) is 19.4 Å². The van der Waals surface area contributed by atoms with Crippen LogP contribution in [0.15, 0.2) is 23.2 Å². The molecule has 1 fully saturated rings. The Hall–Kier alpha value is -0.690. The molecule has 0 aliphatic heterocycles. The van der Waals surface area contributed by atoms with Crippen LogP contribution in [0.1, 0.15) is 18.4 Å². The molecular formula is C14H21ClIN3O. The zero-order valence-electron chi connectivity index (χ0n) is 11.8. The third-order valence-electron chi connectivity index (χ3n) is 3.17. The first kappa shape index (κ1) is 17.4. The molecule has 1 aliphatic rings. The average Bonchev–Trinajstić information content (AvgIpc) is 3.24. The summed E-state index contributed by atoms with van der Waals surface area (Å²) in [7, 11) is 3.43. The Morgan fingerprint density at radius 2 is 2.15 bits per heavy atom. The maximum absolute atomic E-state index is 5.94. The van der Waals surface area contributed by atoms with Gasteiger partial charge < -0.3 is 15.4 Å². The Bertz CT molecular complexity index is 464. The van der Waals surface area contributed by atoms with Gasteiger partial charge >= 0.3 is 0 Å². The number of aliphatic imine (C=N–C) groups is 1. The molecule has 1 aromatic rings. The average molecular weight is 410 g/mol. The van der Waals surface area contributed by atoms with Crippen LogP contribution < -0.4 is 15.4 Å². The van der Waals surface area contributed by atoms with E-state index in [-0.39, 0.29) is 24.0 Å². The third-order valence-corrected chi connectivity index (χ3v) is 3.41. The first-order valence-electron chi connectivity index (χ1n) is 6.50. The van der Waals surface area contributed by atoms with Crippen LogP contribution in [-0.4, -0.2) is 26.7 Å². The van der Waals surface area contributed by atoms with Crippen molar-refractivity contribution >= 4 is 41.5 Å². The molecule has 1 saturated carbocycles. The van der Waals surface area contributed by atoms with Gasteiger partial charge in [0.15, 0.2) is 5.96 Å². The molecule has 0 heterocycles. The Balaban J connectivity index is 0.00000200. The van der Waals surface area contributed by atoms with Crippen LogP contribution >= 0.6 is 35.6 Å². The Morgan fingerprint density at radius 3 is 2.75 bits per heavy atom. The van der Waals surface area contributed by atoms with Gasteiger partial charge in [-0.25, -0.2) is 0 Å². The number of nitrogens with one attached hydrogen (secondary N) is 2. The van der Waals surface area contributed by atoms with E-state index in [1.165, 1.54) is 12.8 Å². The molecule has 0 unspecified atom stereocenters. The normalized spacial score (nSPS) is 14.4. The molecule has 0 spiro atoms. The van der Waals surface area contributed by atoms with Crippen molar-refractivity contribution in [1.29, 1.82) is 0 Å². The van der Waals surface area contributed by atoms with Gasteiger partial charge in [0.1, 0.15) is 5.75 Å². The fourth-order valence-electron chi connectivity index (χ4n) is 1.83. The highest BCUT2D eigenvalue weighted by atomic mass is 127. The molecular weight excluding hydrogens is 389 g/mol. The minimum atomic E-state index is 0. The number of hydrogen-bond donors (Lipinski definition) is 2. The van der Waals surface area contributed by atoms with Crippen LogP contribution in [0.5, 0.6) is 5.75 Å². The highest BCUT2D eigenvalue weighted by Gasteiger charge is 2.21. The van der Waals surface area contributed by atoms with E-state index >= 15 is 0 Å². The second-order valence-corrected chi connectivity index (χ2v) is 5.14. The summed E-state index contributed by atoms with van der Waals surface area (Å²) in [5.41, 5.74) is 1.06. The molecule has 4 nitrogen and oxygen atoms in total. The van der Waals surface area contributed by atoms with Crippen LogP contribution in [0.4, 0.5) is 0 Å². The van der Waals surface area contributed by atoms with Crippen molar-refractivity contribution in [2.75, 3.05) is 20.7 Å². The quantitative estimate of drug-likeness (QED) is 0.446.